The van der Waals surface area contributed by atoms with Gasteiger partial charge in [-0.2, -0.15) is 0 Å². The number of hydrogen-bond donors (Lipinski definition) is 2. The van der Waals surface area contributed by atoms with Crippen molar-refractivity contribution in [3.05, 3.63) is 0 Å². The Hall–Kier alpha value is -0.120. The van der Waals surface area contributed by atoms with Crippen molar-refractivity contribution in [2.45, 2.75) is 82.3 Å². The Morgan fingerprint density at radius 2 is 1.33 bits per heavy atom. The molecule has 2 fully saturated rings. The molecule has 0 aliphatic heterocycles. The van der Waals surface area contributed by atoms with E-state index in [4.69, 9.17) is 5.73 Å². The Bertz CT molecular complexity index is 205. The van der Waals surface area contributed by atoms with E-state index in [0.717, 1.165) is 18.6 Å². The first-order chi connectivity index (χ1) is 8.81. The SMILES string of the molecule is NC(CO)CN(C1CCCCC1)C1CCCCC1. The summed E-state index contributed by atoms with van der Waals surface area (Å²) >= 11 is 0. The Kier molecular flexibility index (Phi) is 5.93. The van der Waals surface area contributed by atoms with Gasteiger partial charge in [-0.05, 0) is 25.7 Å². The van der Waals surface area contributed by atoms with Gasteiger partial charge in [0, 0.05) is 24.7 Å². The van der Waals surface area contributed by atoms with Gasteiger partial charge in [0.25, 0.3) is 0 Å². The van der Waals surface area contributed by atoms with Crippen LogP contribution in [0.5, 0.6) is 0 Å². The molecule has 1 atom stereocenters. The van der Waals surface area contributed by atoms with Crippen molar-refractivity contribution in [2.24, 2.45) is 5.73 Å². The summed E-state index contributed by atoms with van der Waals surface area (Å²) in [6.45, 7) is 1.02. The highest BCUT2D eigenvalue weighted by Crippen LogP contribution is 2.30. The molecule has 0 aromatic heterocycles. The van der Waals surface area contributed by atoms with Crippen LogP contribution in [0.1, 0.15) is 64.2 Å². The molecule has 0 amide bonds. The molecule has 0 radical (unpaired) electrons. The number of aliphatic hydroxyl groups is 1. The van der Waals surface area contributed by atoms with E-state index in [1.165, 1.54) is 64.2 Å². The molecule has 0 bridgehead atoms. The van der Waals surface area contributed by atoms with Gasteiger partial charge in [-0.3, -0.25) is 4.90 Å². The topological polar surface area (TPSA) is 49.5 Å². The third-order valence-electron chi connectivity index (χ3n) is 4.77. The van der Waals surface area contributed by atoms with Crippen LogP contribution in [0.2, 0.25) is 0 Å². The van der Waals surface area contributed by atoms with E-state index >= 15 is 0 Å². The summed E-state index contributed by atoms with van der Waals surface area (Å²) < 4.78 is 0. The van der Waals surface area contributed by atoms with Gasteiger partial charge in [0.05, 0.1) is 6.61 Å². The maximum atomic E-state index is 9.23. The van der Waals surface area contributed by atoms with Crippen molar-refractivity contribution in [3.63, 3.8) is 0 Å². The predicted molar refractivity (Wildman–Crippen MR) is 75.5 cm³/mol. The summed E-state index contributed by atoms with van der Waals surface area (Å²) in [5, 5.41) is 9.23. The minimum atomic E-state index is -0.0612. The first kappa shape index (κ1) is 14.3. The largest absolute Gasteiger partial charge is 0.395 e. The van der Waals surface area contributed by atoms with Gasteiger partial charge in [0.2, 0.25) is 0 Å². The van der Waals surface area contributed by atoms with Crippen LogP contribution < -0.4 is 5.73 Å². The molecule has 3 nitrogen and oxygen atoms in total. The summed E-state index contributed by atoms with van der Waals surface area (Å²) in [6, 6.07) is 1.41. The smallest absolute Gasteiger partial charge is 0.0595 e. The molecule has 2 aliphatic rings. The minimum absolute atomic E-state index is 0.0612. The van der Waals surface area contributed by atoms with Crippen LogP contribution in [-0.4, -0.2) is 41.3 Å². The van der Waals surface area contributed by atoms with Crippen molar-refractivity contribution < 1.29 is 5.11 Å². The highest BCUT2D eigenvalue weighted by molar-refractivity contribution is 4.85. The summed E-state index contributed by atoms with van der Waals surface area (Å²) in [5.41, 5.74) is 6.00. The lowest BCUT2D eigenvalue weighted by Gasteiger charge is -2.42. The number of rotatable bonds is 5. The summed E-state index contributed by atoms with van der Waals surface area (Å²) in [7, 11) is 0. The number of hydrogen-bond acceptors (Lipinski definition) is 3. The zero-order valence-corrected chi connectivity index (χ0v) is 11.7. The quantitative estimate of drug-likeness (QED) is 0.791. The number of nitrogens with zero attached hydrogens (tertiary/aromatic N) is 1. The summed E-state index contributed by atoms with van der Waals surface area (Å²) in [6.07, 6.45) is 13.7. The molecule has 0 aromatic rings. The van der Waals surface area contributed by atoms with Crippen molar-refractivity contribution in [1.29, 1.82) is 0 Å². The fraction of sp³-hybridized carbons (Fsp3) is 1.00. The van der Waals surface area contributed by atoms with Gasteiger partial charge in [-0.25, -0.2) is 0 Å². The molecule has 0 aromatic carbocycles. The standard InChI is InChI=1S/C15H30N2O/c16-13(12-18)11-17(14-7-3-1-4-8-14)15-9-5-2-6-10-15/h13-15,18H,1-12,16H2. The summed E-state index contributed by atoms with van der Waals surface area (Å²) in [5.74, 6) is 0. The molecule has 0 spiro atoms. The third kappa shape index (κ3) is 3.94. The lowest BCUT2D eigenvalue weighted by Crippen LogP contribution is -2.51. The Balaban J connectivity index is 1.95. The van der Waals surface area contributed by atoms with Crippen molar-refractivity contribution in [2.75, 3.05) is 13.2 Å². The maximum Gasteiger partial charge on any atom is 0.0595 e. The van der Waals surface area contributed by atoms with Crippen LogP contribution in [-0.2, 0) is 0 Å². The second-order valence-corrected chi connectivity index (χ2v) is 6.22. The van der Waals surface area contributed by atoms with Crippen LogP contribution in [0.25, 0.3) is 0 Å². The van der Waals surface area contributed by atoms with E-state index in [1.807, 2.05) is 0 Å². The summed E-state index contributed by atoms with van der Waals surface area (Å²) in [4.78, 5) is 2.67. The fourth-order valence-corrected chi connectivity index (χ4v) is 3.75. The molecule has 1 unspecified atom stereocenters. The fourth-order valence-electron chi connectivity index (χ4n) is 3.75. The van der Waals surface area contributed by atoms with E-state index in [-0.39, 0.29) is 12.6 Å². The van der Waals surface area contributed by atoms with E-state index in [9.17, 15) is 5.11 Å². The van der Waals surface area contributed by atoms with Gasteiger partial charge in [-0.1, -0.05) is 38.5 Å². The average Bonchev–Trinajstić information content (AvgIpc) is 2.46. The Labute approximate surface area is 112 Å². The van der Waals surface area contributed by atoms with Gasteiger partial charge in [0.1, 0.15) is 0 Å². The second-order valence-electron chi connectivity index (χ2n) is 6.22. The van der Waals surface area contributed by atoms with E-state index in [1.54, 1.807) is 0 Å². The molecule has 106 valence electrons. The van der Waals surface area contributed by atoms with Gasteiger partial charge in [0.15, 0.2) is 0 Å². The molecule has 2 aliphatic carbocycles. The van der Waals surface area contributed by atoms with Gasteiger partial charge >= 0.3 is 0 Å². The van der Waals surface area contributed by atoms with Crippen LogP contribution in [0.4, 0.5) is 0 Å². The van der Waals surface area contributed by atoms with Crippen LogP contribution >= 0.6 is 0 Å². The monoisotopic (exact) mass is 254 g/mol. The van der Waals surface area contributed by atoms with E-state index in [0.29, 0.717) is 0 Å². The van der Waals surface area contributed by atoms with Gasteiger partial charge < -0.3 is 10.8 Å². The Morgan fingerprint density at radius 1 is 0.889 bits per heavy atom. The predicted octanol–water partition coefficient (Wildman–Crippen LogP) is 2.27. The molecule has 0 heterocycles. The highest BCUT2D eigenvalue weighted by Gasteiger charge is 2.29. The Morgan fingerprint density at radius 3 is 1.72 bits per heavy atom. The molecular weight excluding hydrogens is 224 g/mol. The van der Waals surface area contributed by atoms with Crippen molar-refractivity contribution in [3.8, 4) is 0 Å². The van der Waals surface area contributed by atoms with Crippen LogP contribution in [0.15, 0.2) is 0 Å². The van der Waals surface area contributed by atoms with Crippen LogP contribution in [0, 0.1) is 0 Å². The number of aliphatic hydroxyl groups excluding tert-OH is 1. The van der Waals surface area contributed by atoms with E-state index in [2.05, 4.69) is 4.90 Å². The van der Waals surface area contributed by atoms with Crippen LogP contribution in [0.3, 0.4) is 0 Å². The average molecular weight is 254 g/mol. The van der Waals surface area contributed by atoms with E-state index < -0.39 is 0 Å². The highest BCUT2D eigenvalue weighted by atomic mass is 16.3. The number of nitrogens with two attached hydrogens (primary N) is 1. The first-order valence-electron chi connectivity index (χ1n) is 7.93. The molecular formula is C15H30N2O. The minimum Gasteiger partial charge on any atom is -0.395 e. The van der Waals surface area contributed by atoms with Crippen molar-refractivity contribution >= 4 is 0 Å². The maximum absolute atomic E-state index is 9.23. The molecule has 0 saturated heterocycles. The zero-order valence-electron chi connectivity index (χ0n) is 11.7. The third-order valence-corrected chi connectivity index (χ3v) is 4.77. The lowest BCUT2D eigenvalue weighted by molar-refractivity contribution is 0.0666. The van der Waals surface area contributed by atoms with Crippen molar-refractivity contribution in [1.82, 2.24) is 4.90 Å². The second kappa shape index (κ2) is 7.46. The zero-order chi connectivity index (χ0) is 12.8. The molecule has 18 heavy (non-hydrogen) atoms. The lowest BCUT2D eigenvalue weighted by atomic mass is 9.88. The molecule has 3 heteroatoms. The first-order valence-corrected chi connectivity index (χ1v) is 7.93. The van der Waals surface area contributed by atoms with Gasteiger partial charge in [-0.15, -0.1) is 0 Å². The molecule has 2 rings (SSSR count). The molecule has 2 saturated carbocycles. The molecule has 3 N–H and O–H groups in total. The normalized spacial score (nSPS) is 25.5.